The highest BCUT2D eigenvalue weighted by Crippen LogP contribution is 2.22. The second kappa shape index (κ2) is 4.65. The van der Waals surface area contributed by atoms with E-state index in [1.54, 1.807) is 18.3 Å². The average molecular weight is 229 g/mol. The lowest BCUT2D eigenvalue weighted by Gasteiger charge is -1.97. The van der Waals surface area contributed by atoms with E-state index in [0.29, 0.717) is 11.5 Å². The van der Waals surface area contributed by atoms with E-state index in [1.165, 1.54) is 6.08 Å². The molecular weight excluding hydrogens is 218 g/mol. The molecule has 0 saturated carbocycles. The van der Waals surface area contributed by atoms with E-state index in [1.807, 2.05) is 19.1 Å². The van der Waals surface area contributed by atoms with E-state index in [-0.39, 0.29) is 0 Å². The van der Waals surface area contributed by atoms with Crippen molar-refractivity contribution in [2.75, 3.05) is 0 Å². The third-order valence-corrected chi connectivity index (χ3v) is 2.20. The van der Waals surface area contributed by atoms with Gasteiger partial charge in [-0.1, -0.05) is 0 Å². The molecule has 4 heteroatoms. The number of carbonyl (C=O) groups is 1. The number of furan rings is 1. The molecule has 2 heterocycles. The minimum atomic E-state index is -0.997. The fourth-order valence-corrected chi connectivity index (χ4v) is 1.45. The molecule has 0 saturated heterocycles. The van der Waals surface area contributed by atoms with Gasteiger partial charge in [-0.3, -0.25) is 4.98 Å². The number of pyridine rings is 1. The van der Waals surface area contributed by atoms with Crippen molar-refractivity contribution in [3.05, 3.63) is 48.0 Å². The van der Waals surface area contributed by atoms with Crippen molar-refractivity contribution in [2.45, 2.75) is 6.92 Å². The minimum Gasteiger partial charge on any atom is -0.478 e. The van der Waals surface area contributed by atoms with Crippen molar-refractivity contribution in [2.24, 2.45) is 0 Å². The molecule has 2 aromatic rings. The number of rotatable bonds is 3. The number of nitrogens with zero attached hydrogens (tertiary/aromatic N) is 1. The van der Waals surface area contributed by atoms with Gasteiger partial charge in [-0.2, -0.15) is 0 Å². The van der Waals surface area contributed by atoms with E-state index in [4.69, 9.17) is 9.52 Å². The Morgan fingerprint density at radius 3 is 2.94 bits per heavy atom. The summed E-state index contributed by atoms with van der Waals surface area (Å²) in [7, 11) is 0. The van der Waals surface area contributed by atoms with Crippen LogP contribution < -0.4 is 0 Å². The fourth-order valence-electron chi connectivity index (χ4n) is 1.45. The number of aliphatic carboxylic acids is 1. The van der Waals surface area contributed by atoms with Gasteiger partial charge in [0, 0.05) is 23.5 Å². The molecule has 0 aromatic carbocycles. The predicted molar refractivity (Wildman–Crippen MR) is 63.3 cm³/mol. The Hall–Kier alpha value is -2.36. The monoisotopic (exact) mass is 229 g/mol. The second-order valence-corrected chi connectivity index (χ2v) is 3.56. The number of hydrogen-bond donors (Lipinski definition) is 1. The Kier molecular flexibility index (Phi) is 3.05. The molecule has 0 unspecified atom stereocenters. The molecule has 0 spiro atoms. The highest BCUT2D eigenvalue weighted by atomic mass is 16.4. The Morgan fingerprint density at radius 2 is 2.24 bits per heavy atom. The Bertz CT molecular complexity index is 570. The van der Waals surface area contributed by atoms with Gasteiger partial charge in [-0.25, -0.2) is 4.79 Å². The number of carboxylic acid groups (broad SMARTS) is 1. The zero-order chi connectivity index (χ0) is 12.3. The van der Waals surface area contributed by atoms with E-state index in [2.05, 4.69) is 4.98 Å². The summed E-state index contributed by atoms with van der Waals surface area (Å²) in [5.41, 5.74) is 1.83. The van der Waals surface area contributed by atoms with Crippen LogP contribution in [0.4, 0.5) is 0 Å². The van der Waals surface area contributed by atoms with E-state index >= 15 is 0 Å². The molecule has 0 amide bonds. The summed E-state index contributed by atoms with van der Waals surface area (Å²) in [6.07, 6.45) is 4.17. The van der Waals surface area contributed by atoms with Gasteiger partial charge in [-0.15, -0.1) is 0 Å². The van der Waals surface area contributed by atoms with Crippen molar-refractivity contribution in [3.8, 4) is 11.3 Å². The van der Waals surface area contributed by atoms with Crippen LogP contribution in [0.2, 0.25) is 0 Å². The molecule has 2 rings (SSSR count). The van der Waals surface area contributed by atoms with Gasteiger partial charge >= 0.3 is 5.97 Å². The van der Waals surface area contributed by atoms with Crippen LogP contribution in [-0.4, -0.2) is 16.1 Å². The van der Waals surface area contributed by atoms with Gasteiger partial charge in [0.15, 0.2) is 0 Å². The molecule has 17 heavy (non-hydrogen) atoms. The molecule has 1 N–H and O–H groups in total. The van der Waals surface area contributed by atoms with Crippen molar-refractivity contribution >= 4 is 12.0 Å². The molecule has 0 radical (unpaired) electrons. The smallest absolute Gasteiger partial charge is 0.328 e. The molecule has 0 bridgehead atoms. The van der Waals surface area contributed by atoms with Crippen LogP contribution in [0, 0.1) is 6.92 Å². The Balaban J connectivity index is 2.27. The number of aryl methyl sites for hydroxylation is 1. The van der Waals surface area contributed by atoms with E-state index in [0.717, 1.165) is 17.3 Å². The SMILES string of the molecule is Cc1cc(-c2ccc(/C=C/C(=O)O)o2)ccn1. The summed E-state index contributed by atoms with van der Waals surface area (Å²) in [5, 5.41) is 8.50. The predicted octanol–water partition coefficient (Wildman–Crippen LogP) is 2.75. The minimum absolute atomic E-state index is 0.511. The fraction of sp³-hybridized carbons (Fsp3) is 0.0769. The maximum atomic E-state index is 10.4. The molecular formula is C13H11NO3. The van der Waals surface area contributed by atoms with Gasteiger partial charge in [0.1, 0.15) is 11.5 Å². The highest BCUT2D eigenvalue weighted by Gasteiger charge is 2.03. The maximum absolute atomic E-state index is 10.4. The summed E-state index contributed by atoms with van der Waals surface area (Å²) < 4.78 is 5.50. The first-order valence-electron chi connectivity index (χ1n) is 5.09. The molecule has 2 aromatic heterocycles. The first-order chi connectivity index (χ1) is 8.15. The van der Waals surface area contributed by atoms with Crippen molar-refractivity contribution in [3.63, 3.8) is 0 Å². The van der Waals surface area contributed by atoms with E-state index < -0.39 is 5.97 Å². The lowest BCUT2D eigenvalue weighted by molar-refractivity contribution is -0.131. The Morgan fingerprint density at radius 1 is 1.41 bits per heavy atom. The largest absolute Gasteiger partial charge is 0.478 e. The molecule has 0 aliphatic carbocycles. The van der Waals surface area contributed by atoms with Crippen molar-refractivity contribution < 1.29 is 14.3 Å². The quantitative estimate of drug-likeness (QED) is 0.822. The second-order valence-electron chi connectivity index (χ2n) is 3.56. The normalized spacial score (nSPS) is 10.9. The first-order valence-corrected chi connectivity index (χ1v) is 5.09. The van der Waals surface area contributed by atoms with Crippen LogP contribution >= 0.6 is 0 Å². The van der Waals surface area contributed by atoms with Gasteiger partial charge < -0.3 is 9.52 Å². The van der Waals surface area contributed by atoms with Gasteiger partial charge in [0.25, 0.3) is 0 Å². The van der Waals surface area contributed by atoms with Crippen molar-refractivity contribution in [1.82, 2.24) is 4.98 Å². The molecule has 4 nitrogen and oxygen atoms in total. The van der Waals surface area contributed by atoms with Gasteiger partial charge in [-0.05, 0) is 37.3 Å². The zero-order valence-corrected chi connectivity index (χ0v) is 9.25. The van der Waals surface area contributed by atoms with E-state index in [9.17, 15) is 4.79 Å². The van der Waals surface area contributed by atoms with Crippen molar-refractivity contribution in [1.29, 1.82) is 0 Å². The van der Waals surface area contributed by atoms with Crippen LogP contribution in [0.1, 0.15) is 11.5 Å². The standard InChI is InChI=1S/C13H11NO3/c1-9-8-10(6-7-14-9)12-4-2-11(17-12)3-5-13(15)16/h2-8H,1H3,(H,15,16)/b5-3+. The molecule has 86 valence electrons. The summed E-state index contributed by atoms with van der Waals surface area (Å²) in [5.74, 6) is 0.208. The highest BCUT2D eigenvalue weighted by molar-refractivity contribution is 5.84. The van der Waals surface area contributed by atoms with Crippen LogP contribution in [0.3, 0.4) is 0 Å². The molecule has 0 fully saturated rings. The van der Waals surface area contributed by atoms with Gasteiger partial charge in [0.05, 0.1) is 0 Å². The molecule has 0 aliphatic heterocycles. The number of carboxylic acids is 1. The maximum Gasteiger partial charge on any atom is 0.328 e. The first kappa shape index (κ1) is 11.1. The topological polar surface area (TPSA) is 63.3 Å². The van der Waals surface area contributed by atoms with Gasteiger partial charge in [0.2, 0.25) is 0 Å². The zero-order valence-electron chi connectivity index (χ0n) is 9.25. The van der Waals surface area contributed by atoms with Crippen LogP contribution in [0.15, 0.2) is 41.0 Å². The summed E-state index contributed by atoms with van der Waals surface area (Å²) >= 11 is 0. The average Bonchev–Trinajstić information content (AvgIpc) is 2.75. The lowest BCUT2D eigenvalue weighted by atomic mass is 10.2. The summed E-state index contributed by atoms with van der Waals surface area (Å²) in [4.78, 5) is 14.5. The molecule has 0 aliphatic rings. The molecule has 0 atom stereocenters. The third-order valence-electron chi connectivity index (χ3n) is 2.20. The third kappa shape index (κ3) is 2.81. The summed E-state index contributed by atoms with van der Waals surface area (Å²) in [6, 6.07) is 7.28. The number of aromatic nitrogens is 1. The van der Waals surface area contributed by atoms with Crippen LogP contribution in [0.25, 0.3) is 17.4 Å². The summed E-state index contributed by atoms with van der Waals surface area (Å²) in [6.45, 7) is 1.90. The lowest BCUT2D eigenvalue weighted by Crippen LogP contribution is -1.84. The number of hydrogen-bond acceptors (Lipinski definition) is 3. The Labute approximate surface area is 98.2 Å². The van der Waals surface area contributed by atoms with Crippen LogP contribution in [-0.2, 0) is 4.79 Å². The van der Waals surface area contributed by atoms with Crippen LogP contribution in [0.5, 0.6) is 0 Å².